The Labute approximate surface area is 144 Å². The molecule has 0 amide bonds. The number of thiophene rings is 1. The smallest absolute Gasteiger partial charge is 0.225 e. The van der Waals surface area contributed by atoms with E-state index in [1.54, 1.807) is 11.3 Å². The number of rotatable bonds is 2. The second kappa shape index (κ2) is 6.43. The van der Waals surface area contributed by atoms with Crippen LogP contribution in [0.3, 0.4) is 0 Å². The van der Waals surface area contributed by atoms with Crippen molar-refractivity contribution in [2.24, 2.45) is 0 Å². The minimum Gasteiger partial charge on any atom is -0.355 e. The van der Waals surface area contributed by atoms with Crippen molar-refractivity contribution in [3.63, 3.8) is 0 Å². The number of halogens is 1. The van der Waals surface area contributed by atoms with Gasteiger partial charge in [-0.2, -0.15) is 4.98 Å². The van der Waals surface area contributed by atoms with Crippen LogP contribution in [0.25, 0.3) is 20.7 Å². The maximum Gasteiger partial charge on any atom is 0.225 e. The van der Waals surface area contributed by atoms with Crippen LogP contribution in [0.15, 0.2) is 36.4 Å². The summed E-state index contributed by atoms with van der Waals surface area (Å²) >= 11 is 7.85. The van der Waals surface area contributed by atoms with Gasteiger partial charge in [0.25, 0.3) is 0 Å². The summed E-state index contributed by atoms with van der Waals surface area (Å²) < 4.78 is 0. The summed E-state index contributed by atoms with van der Waals surface area (Å²) in [5, 5.41) is 4.85. The summed E-state index contributed by atoms with van der Waals surface area (Å²) in [5.41, 5.74) is 1.20. The van der Waals surface area contributed by atoms with E-state index in [2.05, 4.69) is 50.5 Å². The van der Waals surface area contributed by atoms with E-state index in [0.29, 0.717) is 5.28 Å². The van der Waals surface area contributed by atoms with Crippen LogP contribution in [0.4, 0.5) is 5.82 Å². The topological polar surface area (TPSA) is 41.1 Å². The summed E-state index contributed by atoms with van der Waals surface area (Å²) in [4.78, 5) is 13.4. The fourth-order valence-corrected chi connectivity index (χ4v) is 4.17. The predicted octanol–water partition coefficient (Wildman–Crippen LogP) is 3.81. The molecule has 1 N–H and O–H groups in total. The van der Waals surface area contributed by atoms with Gasteiger partial charge in [-0.1, -0.05) is 30.3 Å². The molecule has 1 aliphatic heterocycles. The molecule has 4 nitrogen and oxygen atoms in total. The molecule has 0 radical (unpaired) electrons. The Morgan fingerprint density at radius 2 is 1.96 bits per heavy atom. The lowest BCUT2D eigenvalue weighted by Gasteiger charge is -2.21. The Morgan fingerprint density at radius 3 is 2.83 bits per heavy atom. The van der Waals surface area contributed by atoms with Crippen molar-refractivity contribution in [1.82, 2.24) is 15.3 Å². The van der Waals surface area contributed by atoms with E-state index in [-0.39, 0.29) is 0 Å². The Balaban J connectivity index is 1.82. The van der Waals surface area contributed by atoms with Gasteiger partial charge in [0.1, 0.15) is 10.6 Å². The molecule has 0 unspecified atom stereocenters. The maximum absolute atomic E-state index is 6.18. The molecule has 6 heteroatoms. The fourth-order valence-electron chi connectivity index (χ4n) is 2.92. The first-order chi connectivity index (χ1) is 11.3. The third-order valence-electron chi connectivity index (χ3n) is 4.04. The van der Waals surface area contributed by atoms with Crippen LogP contribution < -0.4 is 10.2 Å². The molecule has 0 spiro atoms. The van der Waals surface area contributed by atoms with E-state index in [9.17, 15) is 0 Å². The number of benzene rings is 1. The van der Waals surface area contributed by atoms with E-state index in [0.717, 1.165) is 48.6 Å². The van der Waals surface area contributed by atoms with Crippen molar-refractivity contribution in [3.05, 3.63) is 41.7 Å². The highest BCUT2D eigenvalue weighted by Gasteiger charge is 2.18. The van der Waals surface area contributed by atoms with Crippen molar-refractivity contribution in [1.29, 1.82) is 0 Å². The molecule has 1 aliphatic rings. The van der Waals surface area contributed by atoms with E-state index in [4.69, 9.17) is 11.6 Å². The molecule has 4 rings (SSSR count). The first kappa shape index (κ1) is 14.9. The lowest BCUT2D eigenvalue weighted by Crippen LogP contribution is -2.28. The van der Waals surface area contributed by atoms with Crippen molar-refractivity contribution in [2.75, 3.05) is 31.1 Å². The van der Waals surface area contributed by atoms with Gasteiger partial charge in [0.2, 0.25) is 5.28 Å². The normalized spacial score (nSPS) is 15.8. The van der Waals surface area contributed by atoms with E-state index in [1.807, 2.05) is 6.07 Å². The molecule has 2 aromatic heterocycles. The third-order valence-corrected chi connectivity index (χ3v) is 5.29. The van der Waals surface area contributed by atoms with Crippen molar-refractivity contribution >= 4 is 39.0 Å². The van der Waals surface area contributed by atoms with Crippen LogP contribution >= 0.6 is 22.9 Å². The van der Waals surface area contributed by atoms with Gasteiger partial charge >= 0.3 is 0 Å². The Hall–Kier alpha value is -1.69. The van der Waals surface area contributed by atoms with Gasteiger partial charge in [0.05, 0.1) is 5.39 Å². The molecule has 1 aromatic carbocycles. The van der Waals surface area contributed by atoms with Crippen LogP contribution in [0.1, 0.15) is 6.42 Å². The van der Waals surface area contributed by atoms with Crippen LogP contribution in [-0.4, -0.2) is 36.1 Å². The third kappa shape index (κ3) is 3.04. The average Bonchev–Trinajstić information content (AvgIpc) is 2.81. The molecule has 0 aliphatic carbocycles. The summed E-state index contributed by atoms with van der Waals surface area (Å²) in [6, 6.07) is 12.6. The Bertz CT molecular complexity index is 810. The van der Waals surface area contributed by atoms with E-state index in [1.165, 1.54) is 10.4 Å². The second-order valence-electron chi connectivity index (χ2n) is 5.60. The molecule has 0 atom stereocenters. The molecule has 118 valence electrons. The van der Waals surface area contributed by atoms with Crippen molar-refractivity contribution in [2.45, 2.75) is 6.42 Å². The van der Waals surface area contributed by atoms with Crippen molar-refractivity contribution in [3.8, 4) is 10.4 Å². The number of hydrogen-bond acceptors (Lipinski definition) is 5. The molecular formula is C17H17ClN4S. The summed E-state index contributed by atoms with van der Waals surface area (Å²) in [6.07, 6.45) is 1.11. The van der Waals surface area contributed by atoms with Gasteiger partial charge in [-0.05, 0) is 36.2 Å². The standard InChI is InChI=1S/C17H17ClN4S/c18-17-20-15(22-9-4-7-19-8-10-22)13-11-14(23-16(13)21-17)12-5-2-1-3-6-12/h1-3,5-6,11,19H,4,7-10H2. The lowest BCUT2D eigenvalue weighted by atomic mass is 10.2. The number of nitrogens with zero attached hydrogens (tertiary/aromatic N) is 3. The molecule has 1 saturated heterocycles. The monoisotopic (exact) mass is 344 g/mol. The number of nitrogens with one attached hydrogen (secondary N) is 1. The van der Waals surface area contributed by atoms with Crippen LogP contribution in [0, 0.1) is 0 Å². The Kier molecular flexibility index (Phi) is 4.16. The molecule has 0 saturated carbocycles. The second-order valence-corrected chi connectivity index (χ2v) is 6.97. The largest absolute Gasteiger partial charge is 0.355 e. The van der Waals surface area contributed by atoms with Gasteiger partial charge in [-0.15, -0.1) is 11.3 Å². The van der Waals surface area contributed by atoms with Gasteiger partial charge in [-0.3, -0.25) is 0 Å². The van der Waals surface area contributed by atoms with E-state index >= 15 is 0 Å². The van der Waals surface area contributed by atoms with Crippen molar-refractivity contribution < 1.29 is 0 Å². The predicted molar refractivity (Wildman–Crippen MR) is 97.6 cm³/mol. The highest BCUT2D eigenvalue weighted by molar-refractivity contribution is 7.22. The first-order valence-corrected chi connectivity index (χ1v) is 8.99. The highest BCUT2D eigenvalue weighted by Crippen LogP contribution is 2.37. The van der Waals surface area contributed by atoms with E-state index < -0.39 is 0 Å². The maximum atomic E-state index is 6.18. The number of anilines is 1. The highest BCUT2D eigenvalue weighted by atomic mass is 35.5. The van der Waals surface area contributed by atoms with Gasteiger partial charge in [0, 0.05) is 24.5 Å². The summed E-state index contributed by atoms with van der Waals surface area (Å²) in [5.74, 6) is 0.960. The quantitative estimate of drug-likeness (QED) is 0.718. The zero-order valence-corrected chi connectivity index (χ0v) is 14.2. The number of fused-ring (bicyclic) bond motifs is 1. The van der Waals surface area contributed by atoms with Crippen LogP contribution in [-0.2, 0) is 0 Å². The Morgan fingerprint density at radius 1 is 1.09 bits per heavy atom. The fraction of sp³-hybridized carbons (Fsp3) is 0.294. The zero-order valence-electron chi connectivity index (χ0n) is 12.6. The zero-order chi connectivity index (χ0) is 15.6. The molecule has 1 fully saturated rings. The summed E-state index contributed by atoms with van der Waals surface area (Å²) in [7, 11) is 0. The van der Waals surface area contributed by atoms with Crippen LogP contribution in [0.5, 0.6) is 0 Å². The molecule has 3 aromatic rings. The minimum atomic E-state index is 0.325. The molecule has 23 heavy (non-hydrogen) atoms. The first-order valence-electron chi connectivity index (χ1n) is 7.79. The molecule has 3 heterocycles. The SMILES string of the molecule is Clc1nc(N2CCCNCC2)c2cc(-c3ccccc3)sc2n1. The summed E-state index contributed by atoms with van der Waals surface area (Å²) in [6.45, 7) is 3.96. The number of aromatic nitrogens is 2. The average molecular weight is 345 g/mol. The lowest BCUT2D eigenvalue weighted by molar-refractivity contribution is 0.724. The van der Waals surface area contributed by atoms with Gasteiger partial charge < -0.3 is 10.2 Å². The number of hydrogen-bond donors (Lipinski definition) is 1. The molecule has 0 bridgehead atoms. The minimum absolute atomic E-state index is 0.325. The van der Waals surface area contributed by atoms with Crippen LogP contribution in [0.2, 0.25) is 5.28 Å². The van der Waals surface area contributed by atoms with Gasteiger partial charge in [-0.25, -0.2) is 4.98 Å². The van der Waals surface area contributed by atoms with Gasteiger partial charge in [0.15, 0.2) is 0 Å². The molecular weight excluding hydrogens is 328 g/mol.